The molecule has 5 atom stereocenters. The Balaban J connectivity index is 1.52. The number of rotatable bonds is 7. The Labute approximate surface area is 217 Å². The Hall–Kier alpha value is -2.71. The molecule has 2 aliphatic carbocycles. The predicted molar refractivity (Wildman–Crippen MR) is 139 cm³/mol. The average molecular weight is 514 g/mol. The number of aliphatic hydroxyl groups is 1. The summed E-state index contributed by atoms with van der Waals surface area (Å²) in [6.07, 6.45) is 0.355. The van der Waals surface area contributed by atoms with Gasteiger partial charge < -0.3 is 24.2 Å². The summed E-state index contributed by atoms with van der Waals surface area (Å²) in [7, 11) is 3.19. The number of methoxy groups -OCH3 is 2. The molecule has 0 unspecified atom stereocenters. The van der Waals surface area contributed by atoms with E-state index in [2.05, 4.69) is 0 Å². The number of carbonyl (C=O) groups excluding carboxylic acids is 2. The van der Waals surface area contributed by atoms with Gasteiger partial charge >= 0.3 is 6.09 Å². The summed E-state index contributed by atoms with van der Waals surface area (Å²) in [5.74, 6) is 1.45. The quantitative estimate of drug-likeness (QED) is 0.548. The first-order valence-corrected chi connectivity index (χ1v) is 13.1. The number of hydrogen-bond donors (Lipinski definition) is 1. The van der Waals surface area contributed by atoms with E-state index in [1.165, 1.54) is 11.8 Å². The lowest BCUT2D eigenvalue weighted by Crippen LogP contribution is -2.55. The van der Waals surface area contributed by atoms with Gasteiger partial charge in [0, 0.05) is 28.5 Å². The zero-order valence-electron chi connectivity index (χ0n) is 21.5. The summed E-state index contributed by atoms with van der Waals surface area (Å²) in [5, 5.41) is 10.7. The van der Waals surface area contributed by atoms with Gasteiger partial charge in [-0.05, 0) is 57.6 Å². The molecular weight excluding hydrogens is 478 g/mol. The second-order valence-corrected chi connectivity index (χ2v) is 11.7. The third-order valence-electron chi connectivity index (χ3n) is 7.01. The molecule has 7 nitrogen and oxygen atoms in total. The van der Waals surface area contributed by atoms with E-state index in [4.69, 9.17) is 14.2 Å². The minimum absolute atomic E-state index is 0.0375. The number of aliphatic hydroxyl groups excluding tert-OH is 1. The van der Waals surface area contributed by atoms with Crippen molar-refractivity contribution in [2.45, 2.75) is 63.2 Å². The first kappa shape index (κ1) is 26.4. The summed E-state index contributed by atoms with van der Waals surface area (Å²) < 4.78 is 16.7. The molecule has 0 saturated heterocycles. The van der Waals surface area contributed by atoms with Crippen LogP contribution in [0.3, 0.4) is 0 Å². The molecule has 194 valence electrons. The van der Waals surface area contributed by atoms with Crippen LogP contribution in [0.1, 0.15) is 49.5 Å². The third-order valence-corrected chi connectivity index (χ3v) is 8.24. The molecule has 8 heteroatoms. The second kappa shape index (κ2) is 10.7. The van der Waals surface area contributed by atoms with Crippen LogP contribution >= 0.6 is 11.8 Å². The van der Waals surface area contributed by atoms with Gasteiger partial charge in [0.25, 0.3) is 0 Å². The SMILES string of the molecule is COc1ccc(CN(C(=O)OC(C)(C)C)[C@H]2C[C@H]3[C@H](O)[C@@H](SC(=O)c4ccccc4)C[C@H]32)c(OC)c1. The highest BCUT2D eigenvalue weighted by atomic mass is 32.2. The van der Waals surface area contributed by atoms with E-state index < -0.39 is 17.8 Å². The number of amides is 1. The van der Waals surface area contributed by atoms with Crippen LogP contribution in [0, 0.1) is 11.8 Å². The minimum atomic E-state index is -0.641. The van der Waals surface area contributed by atoms with Crippen LogP contribution in [-0.2, 0) is 11.3 Å². The Bertz CT molecular complexity index is 1090. The van der Waals surface area contributed by atoms with Gasteiger partial charge in [-0.15, -0.1) is 0 Å². The highest BCUT2D eigenvalue weighted by molar-refractivity contribution is 8.14. The van der Waals surface area contributed by atoms with Gasteiger partial charge in [0.2, 0.25) is 5.12 Å². The first-order valence-electron chi connectivity index (χ1n) is 12.3. The van der Waals surface area contributed by atoms with E-state index in [-0.39, 0.29) is 28.2 Å². The zero-order chi connectivity index (χ0) is 26.0. The molecule has 36 heavy (non-hydrogen) atoms. The molecule has 0 heterocycles. The van der Waals surface area contributed by atoms with Crippen molar-refractivity contribution in [2.75, 3.05) is 14.2 Å². The van der Waals surface area contributed by atoms with Gasteiger partial charge in [0.1, 0.15) is 17.1 Å². The summed E-state index contributed by atoms with van der Waals surface area (Å²) >= 11 is 1.20. The number of ether oxygens (including phenoxy) is 3. The summed E-state index contributed by atoms with van der Waals surface area (Å²) in [6.45, 7) is 5.86. The van der Waals surface area contributed by atoms with Crippen LogP contribution in [0.4, 0.5) is 4.79 Å². The normalized spacial score (nSPS) is 24.9. The highest BCUT2D eigenvalue weighted by Gasteiger charge is 2.56. The Morgan fingerprint density at radius 2 is 1.75 bits per heavy atom. The summed E-state index contributed by atoms with van der Waals surface area (Å²) in [5.41, 5.74) is 0.835. The van der Waals surface area contributed by atoms with E-state index in [9.17, 15) is 14.7 Å². The highest BCUT2D eigenvalue weighted by Crippen LogP contribution is 2.53. The van der Waals surface area contributed by atoms with Crippen molar-refractivity contribution < 1.29 is 28.9 Å². The fraction of sp³-hybridized carbons (Fsp3) is 0.500. The lowest BCUT2D eigenvalue weighted by Gasteiger charge is -2.47. The maximum absolute atomic E-state index is 13.4. The van der Waals surface area contributed by atoms with Crippen LogP contribution in [0.2, 0.25) is 0 Å². The van der Waals surface area contributed by atoms with E-state index in [1.54, 1.807) is 37.3 Å². The van der Waals surface area contributed by atoms with Crippen molar-refractivity contribution in [3.05, 3.63) is 59.7 Å². The number of carbonyl (C=O) groups is 2. The number of fused-ring (bicyclic) bond motifs is 1. The van der Waals surface area contributed by atoms with Gasteiger partial charge in [-0.1, -0.05) is 42.1 Å². The van der Waals surface area contributed by atoms with Crippen molar-refractivity contribution >= 4 is 23.0 Å². The Morgan fingerprint density at radius 3 is 2.39 bits per heavy atom. The van der Waals surface area contributed by atoms with Crippen LogP contribution in [-0.4, -0.2) is 58.4 Å². The van der Waals surface area contributed by atoms with Crippen molar-refractivity contribution in [3.63, 3.8) is 0 Å². The van der Waals surface area contributed by atoms with Crippen molar-refractivity contribution in [2.24, 2.45) is 11.8 Å². The number of benzene rings is 2. The molecule has 2 aliphatic rings. The smallest absolute Gasteiger partial charge is 0.410 e. The van der Waals surface area contributed by atoms with Gasteiger partial charge in [0.15, 0.2) is 0 Å². The molecular formula is C28H35NO6S. The lowest BCUT2D eigenvalue weighted by atomic mass is 9.70. The molecule has 1 amide bonds. The van der Waals surface area contributed by atoms with E-state index in [0.717, 1.165) is 5.56 Å². The van der Waals surface area contributed by atoms with E-state index in [1.807, 2.05) is 51.1 Å². The zero-order valence-corrected chi connectivity index (χ0v) is 22.3. The van der Waals surface area contributed by atoms with Crippen molar-refractivity contribution in [1.29, 1.82) is 0 Å². The average Bonchev–Trinajstić information content (AvgIpc) is 3.07. The molecule has 0 radical (unpaired) electrons. The fourth-order valence-electron chi connectivity index (χ4n) is 5.19. The van der Waals surface area contributed by atoms with Gasteiger partial charge in [-0.3, -0.25) is 4.79 Å². The second-order valence-electron chi connectivity index (χ2n) is 10.5. The molecule has 4 rings (SSSR count). The standard InChI is InChI=1S/C28H35NO6S/c1-28(2,3)35-27(32)29(16-18-11-12-19(33-4)13-23(18)34-5)22-14-21-20(22)15-24(25(21)30)36-26(31)17-9-7-6-8-10-17/h6-13,20-22,24-25,30H,14-16H2,1-5H3/t20-,21-,22+,24+,25+/m1/s1. The topological polar surface area (TPSA) is 85.3 Å². The Kier molecular flexibility index (Phi) is 7.85. The predicted octanol–water partition coefficient (Wildman–Crippen LogP) is 5.15. The van der Waals surface area contributed by atoms with Crippen LogP contribution in [0.5, 0.6) is 11.5 Å². The number of nitrogens with zero attached hydrogens (tertiary/aromatic N) is 1. The van der Waals surface area contributed by atoms with Crippen molar-refractivity contribution in [3.8, 4) is 11.5 Å². The molecule has 0 spiro atoms. The van der Waals surface area contributed by atoms with Gasteiger partial charge in [-0.25, -0.2) is 4.79 Å². The first-order chi connectivity index (χ1) is 17.1. The molecule has 1 N–H and O–H groups in total. The maximum atomic E-state index is 13.4. The molecule has 2 saturated carbocycles. The molecule has 0 aliphatic heterocycles. The van der Waals surface area contributed by atoms with Crippen LogP contribution in [0.15, 0.2) is 48.5 Å². The Morgan fingerprint density at radius 1 is 1.03 bits per heavy atom. The monoisotopic (exact) mass is 513 g/mol. The van der Waals surface area contributed by atoms with E-state index in [0.29, 0.717) is 36.4 Å². The van der Waals surface area contributed by atoms with Gasteiger partial charge in [-0.2, -0.15) is 0 Å². The van der Waals surface area contributed by atoms with Gasteiger partial charge in [0.05, 0.1) is 26.9 Å². The number of hydrogen-bond acceptors (Lipinski definition) is 7. The van der Waals surface area contributed by atoms with Crippen LogP contribution in [0.25, 0.3) is 0 Å². The molecule has 2 fully saturated rings. The summed E-state index contributed by atoms with van der Waals surface area (Å²) in [4.78, 5) is 27.9. The fourth-order valence-corrected chi connectivity index (χ4v) is 6.39. The maximum Gasteiger partial charge on any atom is 0.410 e. The van der Waals surface area contributed by atoms with Crippen molar-refractivity contribution in [1.82, 2.24) is 4.90 Å². The minimum Gasteiger partial charge on any atom is -0.497 e. The number of thioether (sulfide) groups is 1. The van der Waals surface area contributed by atoms with Crippen LogP contribution < -0.4 is 9.47 Å². The molecule has 0 bridgehead atoms. The lowest BCUT2D eigenvalue weighted by molar-refractivity contribution is -0.0424. The largest absolute Gasteiger partial charge is 0.497 e. The molecule has 2 aromatic rings. The summed E-state index contributed by atoms with van der Waals surface area (Å²) in [6, 6.07) is 14.6. The third kappa shape index (κ3) is 5.65. The van der Waals surface area contributed by atoms with E-state index >= 15 is 0 Å². The molecule has 2 aromatic carbocycles. The molecule has 0 aromatic heterocycles.